The molecule has 590 valence electrons. The maximum absolute atomic E-state index is 13.3. The Kier molecular flexibility index (Phi) is 18.7. The first-order valence-electron chi connectivity index (χ1n) is 37.9. The number of amides is 12. The number of carbonyl (C=O) groups excluding carboxylic acids is 12. The summed E-state index contributed by atoms with van der Waals surface area (Å²) in [6.45, 7) is 7.77. The number of anilines is 3. The van der Waals surface area contributed by atoms with Gasteiger partial charge in [0.25, 0.3) is 93.1 Å². The van der Waals surface area contributed by atoms with Crippen molar-refractivity contribution in [3.63, 3.8) is 0 Å². The molecule has 0 radical (unpaired) electrons. The Balaban J connectivity index is 0.000000116. The van der Waals surface area contributed by atoms with E-state index in [9.17, 15) is 76.7 Å². The number of benzene rings is 12. The van der Waals surface area contributed by atoms with E-state index in [1.165, 1.54) is 50.1 Å². The minimum absolute atomic E-state index is 0.149. The van der Waals surface area contributed by atoms with Crippen molar-refractivity contribution in [2.24, 2.45) is 7.05 Å². The highest BCUT2D eigenvalue weighted by molar-refractivity contribution is 6.37. The van der Waals surface area contributed by atoms with Gasteiger partial charge in [-0.3, -0.25) is 96.0 Å². The van der Waals surface area contributed by atoms with Crippen molar-refractivity contribution < 1.29 is 62.3 Å². The van der Waals surface area contributed by atoms with Crippen LogP contribution in [0.15, 0.2) is 262 Å². The molecule has 0 atom stereocenters. The molecule has 0 unspecified atom stereocenters. The van der Waals surface area contributed by atoms with Crippen molar-refractivity contribution in [3.8, 4) is 50.6 Å². The lowest BCUT2D eigenvalue weighted by molar-refractivity contribution is 0.0678. The standard InChI is InChI=1S/C30H20N2O5.2C24H16N2O4.C18H12N2O4/c1-17-3-9-21(10-4-17)37-22-11-7-20(8-12-22)32-29(35)24-14-6-19(16-26(24)30(32)36)18-5-13-23-25(15-18)28(34)31(2)27(23)33;1-13-3-7-16(8-4-13)26-23(29)18-10-6-15(12-20(18)24(26)30)14-5-9-17-19(11-14)22(28)25(2)21(17)27;1-13-6-9-15(10-7-13)26-23(29)18-5-3-4-16(20(18)24(26)30)14-8-11-17-19(12-14)22(28)25(2)21(17)27;1-9-3-5-10(6-4-9)20-17(23)13-7-11-12(8-14(13)18(20)24)16(22)19(2)15(11)21/h3-16H,1-2H3;2*3-12H,1-2H3;3-8H,1-2H3. The highest BCUT2D eigenvalue weighted by Crippen LogP contribution is 2.40. The Hall–Kier alpha value is -16.4. The molecule has 25 heteroatoms. The van der Waals surface area contributed by atoms with Gasteiger partial charge in [0.1, 0.15) is 11.5 Å². The molecule has 0 bridgehead atoms. The summed E-state index contributed by atoms with van der Waals surface area (Å²) in [7, 11) is 5.70. The van der Waals surface area contributed by atoms with Crippen molar-refractivity contribution in [2.75, 3.05) is 35.8 Å². The molecule has 2 aromatic heterocycles. The Labute approximate surface area is 686 Å². The molecule has 8 heterocycles. The molecule has 14 aromatic rings. The molecule has 12 aromatic carbocycles. The minimum Gasteiger partial charge on any atom is -0.457 e. The molecule has 0 fully saturated rings. The number of fused-ring (bicyclic) bond motifs is 8. The maximum atomic E-state index is 13.3. The summed E-state index contributed by atoms with van der Waals surface area (Å²) < 4.78 is 7.89. The molecule has 0 saturated heterocycles. The number of imide groups is 6. The molecular formula is C96H64N8O17. The van der Waals surface area contributed by atoms with Gasteiger partial charge in [0, 0.05) is 28.2 Å². The topological polar surface area (TPSA) is 312 Å². The number of aryl methyl sites for hydroxylation is 4. The van der Waals surface area contributed by atoms with Gasteiger partial charge >= 0.3 is 0 Å². The highest BCUT2D eigenvalue weighted by Gasteiger charge is 2.43. The Morgan fingerprint density at radius 1 is 0.215 bits per heavy atom. The van der Waals surface area contributed by atoms with E-state index in [1.54, 1.807) is 182 Å². The molecule has 12 amide bonds. The largest absolute Gasteiger partial charge is 0.457 e. The first-order chi connectivity index (χ1) is 58.0. The van der Waals surface area contributed by atoms with Crippen LogP contribution in [0, 0.1) is 27.7 Å². The average molecular weight is 1600 g/mol. The van der Waals surface area contributed by atoms with Crippen molar-refractivity contribution in [3.05, 3.63) is 373 Å². The lowest BCUT2D eigenvalue weighted by Gasteiger charge is -2.14. The monoisotopic (exact) mass is 1600 g/mol. The van der Waals surface area contributed by atoms with Crippen molar-refractivity contribution in [1.82, 2.24) is 23.8 Å². The van der Waals surface area contributed by atoms with Crippen LogP contribution in [0.4, 0.5) is 17.1 Å². The number of rotatable bonds is 9. The van der Waals surface area contributed by atoms with E-state index in [4.69, 9.17) is 4.74 Å². The fourth-order valence-corrected chi connectivity index (χ4v) is 15.5. The molecule has 6 aliphatic rings. The zero-order valence-corrected chi connectivity index (χ0v) is 65.6. The first kappa shape index (κ1) is 77.2. The van der Waals surface area contributed by atoms with Gasteiger partial charge in [-0.05, 0) is 213 Å². The van der Waals surface area contributed by atoms with Crippen LogP contribution in [0.3, 0.4) is 0 Å². The Bertz CT molecular complexity index is 7190. The summed E-state index contributed by atoms with van der Waals surface area (Å²) in [5.74, 6) is -3.21. The summed E-state index contributed by atoms with van der Waals surface area (Å²) in [6.07, 6.45) is 0. The molecule has 20 rings (SSSR count). The maximum Gasteiger partial charge on any atom is 0.266 e. The zero-order chi connectivity index (χ0) is 85.3. The van der Waals surface area contributed by atoms with Crippen LogP contribution in [0.25, 0.3) is 60.6 Å². The SMILES string of the molecule is Cc1ccc(-n2c(=O)c3cc4c(=O)n(C)c(=O)c4cc3c2=O)cc1.Cc1ccc(N2C(=O)c3ccc(-c4ccc5c(c4)C(=O)N(C)C5=O)cc3C2=O)cc1.Cc1ccc(N2C(=O)c3cccc(-c4ccc5c(c4)C(=O)N(C)C5=O)c3C2=O)cc1.Cc1ccc(Oc2ccc(N3C(=O)c4ccc(-c5ccc6c(c5)C(=O)N(C)C6=O)cc4C3=O)cc2)cc1. The van der Waals surface area contributed by atoms with Crippen molar-refractivity contribution >= 4 is 109 Å². The van der Waals surface area contributed by atoms with Crippen molar-refractivity contribution in [1.29, 1.82) is 0 Å². The third-order valence-corrected chi connectivity index (χ3v) is 22.3. The van der Waals surface area contributed by atoms with E-state index in [1.807, 2.05) is 76.2 Å². The van der Waals surface area contributed by atoms with Crippen LogP contribution in [0.2, 0.25) is 0 Å². The summed E-state index contributed by atoms with van der Waals surface area (Å²) in [4.78, 5) is 208. The lowest BCUT2D eigenvalue weighted by Crippen LogP contribution is -2.29. The molecule has 0 saturated carbocycles. The zero-order valence-electron chi connectivity index (χ0n) is 65.6. The fraction of sp³-hybridized carbons (Fsp3) is 0.0833. The molecule has 0 N–H and O–H groups in total. The van der Waals surface area contributed by atoms with Gasteiger partial charge in [0.15, 0.2) is 0 Å². The smallest absolute Gasteiger partial charge is 0.266 e. The summed E-state index contributed by atoms with van der Waals surface area (Å²) in [6, 6.07) is 68.5. The number of hydrogen-bond acceptors (Lipinski definition) is 17. The molecule has 0 spiro atoms. The molecule has 0 aliphatic carbocycles. The van der Waals surface area contributed by atoms with Crippen LogP contribution in [0.1, 0.15) is 147 Å². The fourth-order valence-electron chi connectivity index (χ4n) is 15.5. The van der Waals surface area contributed by atoms with Gasteiger partial charge in [0.05, 0.1) is 111 Å². The molecule has 6 aliphatic heterocycles. The highest BCUT2D eigenvalue weighted by atomic mass is 16.5. The second-order valence-electron chi connectivity index (χ2n) is 29.8. The van der Waals surface area contributed by atoms with Gasteiger partial charge in [-0.15, -0.1) is 0 Å². The second kappa shape index (κ2) is 29.4. The predicted octanol–water partition coefficient (Wildman–Crippen LogP) is 13.6. The van der Waals surface area contributed by atoms with Crippen LogP contribution < -0.4 is 41.7 Å². The predicted molar refractivity (Wildman–Crippen MR) is 450 cm³/mol. The van der Waals surface area contributed by atoms with Gasteiger partial charge in [0.2, 0.25) is 0 Å². The summed E-state index contributed by atoms with van der Waals surface area (Å²) in [5, 5.41) is 0.618. The second-order valence-corrected chi connectivity index (χ2v) is 29.8. The third kappa shape index (κ3) is 12.8. The summed E-state index contributed by atoms with van der Waals surface area (Å²) in [5.41, 5.74) is 12.0. The number of nitrogens with zero attached hydrogens (tertiary/aromatic N) is 8. The van der Waals surface area contributed by atoms with Crippen LogP contribution >= 0.6 is 0 Å². The van der Waals surface area contributed by atoms with Crippen LogP contribution in [-0.2, 0) is 7.05 Å². The quantitative estimate of drug-likeness (QED) is 0.121. The van der Waals surface area contributed by atoms with E-state index < -0.39 is 40.0 Å². The summed E-state index contributed by atoms with van der Waals surface area (Å²) >= 11 is 0. The van der Waals surface area contributed by atoms with E-state index in [2.05, 4.69) is 0 Å². The normalized spacial score (nSPS) is 14.2. The van der Waals surface area contributed by atoms with E-state index in [-0.39, 0.29) is 80.3 Å². The average Bonchev–Trinajstić information content (AvgIpc) is 1.64. The van der Waals surface area contributed by atoms with Gasteiger partial charge in [-0.2, -0.15) is 0 Å². The number of ether oxygens (including phenoxy) is 1. The Morgan fingerprint density at radius 2 is 0.471 bits per heavy atom. The minimum atomic E-state index is -0.489. The van der Waals surface area contributed by atoms with Crippen LogP contribution in [0.5, 0.6) is 11.5 Å². The van der Waals surface area contributed by atoms with E-state index >= 15 is 0 Å². The van der Waals surface area contributed by atoms with Gasteiger partial charge < -0.3 is 4.74 Å². The third-order valence-electron chi connectivity index (χ3n) is 22.3. The van der Waals surface area contributed by atoms with Gasteiger partial charge in [-0.25, -0.2) is 19.3 Å². The molecular weight excluding hydrogens is 1540 g/mol. The van der Waals surface area contributed by atoms with Gasteiger partial charge in [-0.1, -0.05) is 113 Å². The van der Waals surface area contributed by atoms with Crippen LogP contribution in [-0.4, -0.2) is 116 Å². The lowest BCUT2D eigenvalue weighted by atomic mass is 9.94. The van der Waals surface area contributed by atoms with E-state index in [0.29, 0.717) is 129 Å². The molecule has 121 heavy (non-hydrogen) atoms. The number of aromatic nitrogens is 2. The molecule has 25 nitrogen and oxygen atoms in total. The Morgan fingerprint density at radius 3 is 0.843 bits per heavy atom. The number of hydrogen-bond donors (Lipinski definition) is 0. The number of carbonyl (C=O) groups is 12. The van der Waals surface area contributed by atoms with Crippen molar-refractivity contribution in [2.45, 2.75) is 27.7 Å². The first-order valence-corrected chi connectivity index (χ1v) is 37.9. The van der Waals surface area contributed by atoms with E-state index in [0.717, 1.165) is 51.0 Å².